The number of unbranched alkanes of at least 4 members (excludes halogenated alkanes) is 5. The van der Waals surface area contributed by atoms with E-state index in [9.17, 15) is 15.0 Å². The van der Waals surface area contributed by atoms with E-state index in [-0.39, 0.29) is 18.6 Å². The van der Waals surface area contributed by atoms with Crippen molar-refractivity contribution in [1.82, 2.24) is 0 Å². The first-order chi connectivity index (χ1) is 11.5. The topological polar surface area (TPSA) is 77.8 Å². The van der Waals surface area contributed by atoms with Crippen molar-refractivity contribution in [3.63, 3.8) is 0 Å². The van der Waals surface area contributed by atoms with E-state index in [2.05, 4.69) is 13.0 Å². The Morgan fingerprint density at radius 1 is 1.12 bits per heavy atom. The van der Waals surface area contributed by atoms with Crippen molar-refractivity contribution in [1.29, 1.82) is 0 Å². The molecule has 0 bridgehead atoms. The molecule has 3 N–H and O–H groups in total. The number of carboxylic acids is 1. The molecule has 0 aromatic heterocycles. The predicted octanol–water partition coefficient (Wildman–Crippen LogP) is 4.30. The Morgan fingerprint density at radius 3 is 2.58 bits per heavy atom. The van der Waals surface area contributed by atoms with E-state index in [1.54, 1.807) is 0 Å². The molecule has 0 aromatic rings. The molecule has 4 heteroatoms. The lowest BCUT2D eigenvalue weighted by atomic mass is 9.88. The maximum Gasteiger partial charge on any atom is 0.303 e. The predicted molar refractivity (Wildman–Crippen MR) is 96.8 cm³/mol. The molecule has 0 radical (unpaired) electrons. The molecule has 4 atom stereocenters. The van der Waals surface area contributed by atoms with Gasteiger partial charge in [0.05, 0.1) is 12.2 Å². The van der Waals surface area contributed by atoms with Gasteiger partial charge in [-0.25, -0.2) is 0 Å². The summed E-state index contributed by atoms with van der Waals surface area (Å²) < 4.78 is 0. The number of aliphatic hydroxyl groups excluding tert-OH is 2. The van der Waals surface area contributed by atoms with E-state index in [4.69, 9.17) is 5.11 Å². The van der Waals surface area contributed by atoms with E-state index in [1.165, 1.54) is 6.42 Å². The van der Waals surface area contributed by atoms with Crippen molar-refractivity contribution >= 4 is 5.97 Å². The lowest BCUT2D eigenvalue weighted by molar-refractivity contribution is -0.137. The highest BCUT2D eigenvalue weighted by atomic mass is 16.4. The Morgan fingerprint density at radius 2 is 1.88 bits per heavy atom. The van der Waals surface area contributed by atoms with Crippen LogP contribution in [0.2, 0.25) is 0 Å². The second-order valence-electron chi connectivity index (χ2n) is 7.27. The summed E-state index contributed by atoms with van der Waals surface area (Å²) in [6.45, 7) is 2.16. The first-order valence-electron chi connectivity index (χ1n) is 9.80. The number of carbonyl (C=O) groups is 1. The van der Waals surface area contributed by atoms with Gasteiger partial charge in [-0.2, -0.15) is 0 Å². The number of hydrogen-bond acceptors (Lipinski definition) is 3. The van der Waals surface area contributed by atoms with Gasteiger partial charge >= 0.3 is 5.97 Å². The van der Waals surface area contributed by atoms with E-state index in [1.807, 2.05) is 6.08 Å². The molecule has 0 spiro atoms. The molecule has 140 valence electrons. The molecular weight excluding hydrogens is 304 g/mol. The van der Waals surface area contributed by atoms with E-state index < -0.39 is 5.97 Å². The van der Waals surface area contributed by atoms with Gasteiger partial charge in [-0.1, -0.05) is 57.6 Å². The average Bonchev–Trinajstić information content (AvgIpc) is 2.89. The van der Waals surface area contributed by atoms with Crippen LogP contribution >= 0.6 is 0 Å². The summed E-state index contributed by atoms with van der Waals surface area (Å²) >= 11 is 0. The summed E-state index contributed by atoms with van der Waals surface area (Å²) in [4.78, 5) is 10.5. The molecule has 0 amide bonds. The third-order valence-electron chi connectivity index (χ3n) is 5.20. The maximum atomic E-state index is 10.5. The Kier molecular flexibility index (Phi) is 11.0. The van der Waals surface area contributed by atoms with Gasteiger partial charge in [0, 0.05) is 6.42 Å². The molecule has 1 aliphatic rings. The van der Waals surface area contributed by atoms with Crippen LogP contribution in [0.1, 0.15) is 84.0 Å². The fourth-order valence-electron chi connectivity index (χ4n) is 3.70. The lowest BCUT2D eigenvalue weighted by Gasteiger charge is -2.20. The van der Waals surface area contributed by atoms with Crippen molar-refractivity contribution < 1.29 is 20.1 Å². The summed E-state index contributed by atoms with van der Waals surface area (Å²) in [7, 11) is 0. The van der Waals surface area contributed by atoms with E-state index >= 15 is 0 Å². The zero-order valence-electron chi connectivity index (χ0n) is 15.2. The summed E-state index contributed by atoms with van der Waals surface area (Å²) in [5.74, 6) is -0.0488. The Labute approximate surface area is 147 Å². The minimum atomic E-state index is -0.719. The minimum Gasteiger partial charge on any atom is -0.481 e. The summed E-state index contributed by atoms with van der Waals surface area (Å²) in [5, 5.41) is 28.8. The Bertz CT molecular complexity index is 367. The van der Waals surface area contributed by atoms with Crippen molar-refractivity contribution in [3.05, 3.63) is 12.2 Å². The highest BCUT2D eigenvalue weighted by molar-refractivity contribution is 5.66. The van der Waals surface area contributed by atoms with Gasteiger partial charge in [0.25, 0.3) is 0 Å². The smallest absolute Gasteiger partial charge is 0.303 e. The molecule has 0 aromatic carbocycles. The number of rotatable bonds is 13. The largest absolute Gasteiger partial charge is 0.481 e. The molecule has 0 unspecified atom stereocenters. The first-order valence-corrected chi connectivity index (χ1v) is 9.80. The molecule has 4 nitrogen and oxygen atoms in total. The van der Waals surface area contributed by atoms with Crippen LogP contribution in [0.5, 0.6) is 0 Å². The van der Waals surface area contributed by atoms with Crippen molar-refractivity contribution in [3.8, 4) is 0 Å². The van der Waals surface area contributed by atoms with Crippen molar-refractivity contribution in [2.75, 3.05) is 0 Å². The summed E-state index contributed by atoms with van der Waals surface area (Å²) in [6, 6.07) is 0. The average molecular weight is 341 g/mol. The summed E-state index contributed by atoms with van der Waals surface area (Å²) in [6.07, 6.45) is 14.6. The number of aliphatic carboxylic acids is 1. The quantitative estimate of drug-likeness (QED) is 0.345. The Hall–Kier alpha value is -0.870. The van der Waals surface area contributed by atoms with Crippen LogP contribution in [-0.2, 0) is 4.79 Å². The molecule has 1 fully saturated rings. The van der Waals surface area contributed by atoms with Crippen molar-refractivity contribution in [2.45, 2.75) is 96.2 Å². The van der Waals surface area contributed by atoms with Crippen LogP contribution in [0.25, 0.3) is 0 Å². The number of hydrogen-bond donors (Lipinski definition) is 3. The molecule has 1 aliphatic carbocycles. The highest BCUT2D eigenvalue weighted by Crippen LogP contribution is 2.36. The van der Waals surface area contributed by atoms with Crippen LogP contribution in [-0.4, -0.2) is 33.5 Å². The van der Waals surface area contributed by atoms with Gasteiger partial charge in [-0.3, -0.25) is 4.79 Å². The fraction of sp³-hybridized carbons (Fsp3) is 0.850. The van der Waals surface area contributed by atoms with Gasteiger partial charge in [0.2, 0.25) is 0 Å². The minimum absolute atomic E-state index is 0.226. The second kappa shape index (κ2) is 12.5. The summed E-state index contributed by atoms with van der Waals surface area (Å²) in [5.41, 5.74) is 0. The molecule has 0 aliphatic heterocycles. The van der Waals surface area contributed by atoms with Gasteiger partial charge in [-0.15, -0.1) is 0 Å². The van der Waals surface area contributed by atoms with Crippen LogP contribution in [0.3, 0.4) is 0 Å². The first kappa shape index (κ1) is 21.2. The number of aliphatic hydroxyl groups is 2. The number of carboxylic acid groups (broad SMARTS) is 1. The van der Waals surface area contributed by atoms with Crippen LogP contribution < -0.4 is 0 Å². The van der Waals surface area contributed by atoms with Gasteiger partial charge in [0.1, 0.15) is 0 Å². The van der Waals surface area contributed by atoms with Gasteiger partial charge in [0.15, 0.2) is 0 Å². The zero-order valence-corrected chi connectivity index (χ0v) is 15.2. The van der Waals surface area contributed by atoms with Gasteiger partial charge < -0.3 is 15.3 Å². The van der Waals surface area contributed by atoms with Gasteiger partial charge in [-0.05, 0) is 43.9 Å². The standard InChI is InChI=1S/C20H36O4/c1-2-3-6-9-17(21)14-12-16-13-15-19(22)18(16)10-7-4-5-8-11-20(23)24/h12,14,16-19,21-22H,2-11,13,15H2,1H3,(H,23,24)/t16-,17-,18+,19+/m0/s1. The molecular formula is C20H36O4. The van der Waals surface area contributed by atoms with Crippen LogP contribution in [0, 0.1) is 11.8 Å². The van der Waals surface area contributed by atoms with E-state index in [0.29, 0.717) is 11.8 Å². The van der Waals surface area contributed by atoms with Crippen LogP contribution in [0.15, 0.2) is 12.2 Å². The SMILES string of the molecule is CCCCC[C@H](O)C=C[C@H]1CC[C@@H](O)[C@@H]1CCCCCCC(=O)O. The lowest BCUT2D eigenvalue weighted by Crippen LogP contribution is -2.18. The molecule has 1 saturated carbocycles. The Balaban J connectivity index is 2.27. The fourth-order valence-corrected chi connectivity index (χ4v) is 3.70. The molecule has 1 rings (SSSR count). The third-order valence-corrected chi connectivity index (χ3v) is 5.20. The molecule has 0 heterocycles. The highest BCUT2D eigenvalue weighted by Gasteiger charge is 2.32. The van der Waals surface area contributed by atoms with Crippen LogP contribution in [0.4, 0.5) is 0 Å². The van der Waals surface area contributed by atoms with E-state index in [0.717, 1.165) is 64.2 Å². The second-order valence-corrected chi connectivity index (χ2v) is 7.27. The number of allylic oxidation sites excluding steroid dienone is 1. The monoisotopic (exact) mass is 340 g/mol. The zero-order chi connectivity index (χ0) is 17.8. The molecule has 0 saturated heterocycles. The van der Waals surface area contributed by atoms with Crippen molar-refractivity contribution in [2.24, 2.45) is 11.8 Å². The third kappa shape index (κ3) is 8.84. The maximum absolute atomic E-state index is 10.5. The molecule has 24 heavy (non-hydrogen) atoms. The normalized spacial score (nSPS) is 25.4.